The molecule has 2 aromatic rings. The van der Waals surface area contributed by atoms with E-state index in [2.05, 4.69) is 5.32 Å². The predicted molar refractivity (Wildman–Crippen MR) is 94.5 cm³/mol. The number of benzene rings is 2. The highest BCUT2D eigenvalue weighted by Gasteiger charge is 2.04. The van der Waals surface area contributed by atoms with Crippen molar-refractivity contribution in [3.8, 4) is 5.75 Å². The van der Waals surface area contributed by atoms with Gasteiger partial charge in [-0.15, -0.1) is 0 Å². The topological polar surface area (TPSA) is 38.3 Å². The Morgan fingerprint density at radius 3 is 2.48 bits per heavy atom. The van der Waals surface area contributed by atoms with Crippen LogP contribution in [0.1, 0.15) is 17.5 Å². The van der Waals surface area contributed by atoms with E-state index in [0.29, 0.717) is 35.9 Å². The van der Waals surface area contributed by atoms with Gasteiger partial charge in [-0.25, -0.2) is 0 Å². The molecular weight excluding hydrogens is 333 g/mol. The van der Waals surface area contributed by atoms with Gasteiger partial charge in [-0.2, -0.15) is 0 Å². The maximum atomic E-state index is 11.9. The molecule has 5 heteroatoms. The lowest BCUT2D eigenvalue weighted by Gasteiger charge is -2.07. The third-order valence-electron chi connectivity index (χ3n) is 3.43. The molecule has 0 radical (unpaired) electrons. The highest BCUT2D eigenvalue weighted by atomic mass is 35.5. The number of amides is 1. The van der Waals surface area contributed by atoms with Crippen molar-refractivity contribution >= 4 is 29.1 Å². The van der Waals surface area contributed by atoms with Crippen LogP contribution in [0, 0.1) is 0 Å². The third-order valence-corrected chi connectivity index (χ3v) is 3.87. The number of nitrogens with one attached hydrogen (secondary N) is 1. The normalized spacial score (nSPS) is 10.4. The third kappa shape index (κ3) is 6.12. The average molecular weight is 352 g/mol. The Labute approximate surface area is 146 Å². The van der Waals surface area contributed by atoms with Crippen LogP contribution in [0.5, 0.6) is 5.75 Å². The second-order valence-corrected chi connectivity index (χ2v) is 6.10. The molecule has 0 saturated heterocycles. The van der Waals surface area contributed by atoms with Crippen LogP contribution in [0.4, 0.5) is 0 Å². The first-order valence-electron chi connectivity index (χ1n) is 7.41. The Morgan fingerprint density at radius 1 is 1.04 bits per heavy atom. The van der Waals surface area contributed by atoms with E-state index in [1.165, 1.54) is 0 Å². The largest absolute Gasteiger partial charge is 0.497 e. The molecule has 0 fully saturated rings. The van der Waals surface area contributed by atoms with E-state index < -0.39 is 0 Å². The fourth-order valence-electron chi connectivity index (χ4n) is 2.28. The Morgan fingerprint density at radius 2 is 1.78 bits per heavy atom. The van der Waals surface area contributed by atoms with E-state index in [1.807, 2.05) is 36.4 Å². The summed E-state index contributed by atoms with van der Waals surface area (Å²) in [5.41, 5.74) is 2.09. The maximum absolute atomic E-state index is 11.9. The molecule has 1 N–H and O–H groups in total. The summed E-state index contributed by atoms with van der Waals surface area (Å²) in [7, 11) is 1.63. The number of hydrogen-bond acceptors (Lipinski definition) is 2. The van der Waals surface area contributed by atoms with Crippen LogP contribution in [0.2, 0.25) is 10.0 Å². The van der Waals surface area contributed by atoms with Crippen molar-refractivity contribution in [2.75, 3.05) is 13.7 Å². The summed E-state index contributed by atoms with van der Waals surface area (Å²) >= 11 is 11.9. The minimum atomic E-state index is 0.0287. The molecular formula is C18H19Cl2NO2. The predicted octanol–water partition coefficient (Wildman–Crippen LogP) is 4.29. The molecule has 0 aliphatic heterocycles. The van der Waals surface area contributed by atoms with Crippen LogP contribution in [0.15, 0.2) is 42.5 Å². The molecule has 2 aromatic carbocycles. The van der Waals surface area contributed by atoms with E-state index in [4.69, 9.17) is 27.9 Å². The van der Waals surface area contributed by atoms with Gasteiger partial charge in [-0.1, -0.05) is 35.3 Å². The van der Waals surface area contributed by atoms with Crippen LogP contribution in [0.25, 0.3) is 0 Å². The molecule has 0 aliphatic rings. The number of ether oxygens (including phenoxy) is 1. The van der Waals surface area contributed by atoms with Gasteiger partial charge in [0.1, 0.15) is 5.75 Å². The summed E-state index contributed by atoms with van der Waals surface area (Å²) < 4.78 is 5.17. The Balaban J connectivity index is 1.74. The van der Waals surface area contributed by atoms with Gasteiger partial charge in [-0.05, 0) is 54.3 Å². The molecule has 0 bridgehead atoms. The average Bonchev–Trinajstić information content (AvgIpc) is 2.52. The lowest BCUT2D eigenvalue weighted by Crippen LogP contribution is -2.25. The SMILES string of the molecule is COc1cccc(CCC(=O)NCCc2cc(Cl)cc(Cl)c2)c1. The number of hydrogen-bond donors (Lipinski definition) is 1. The first-order chi connectivity index (χ1) is 11.1. The molecule has 23 heavy (non-hydrogen) atoms. The van der Waals surface area contributed by atoms with E-state index in [0.717, 1.165) is 16.9 Å². The maximum Gasteiger partial charge on any atom is 0.220 e. The first-order valence-corrected chi connectivity index (χ1v) is 8.17. The van der Waals surface area contributed by atoms with E-state index in [1.54, 1.807) is 13.2 Å². The second-order valence-electron chi connectivity index (χ2n) is 5.23. The molecule has 0 atom stereocenters. The fourth-order valence-corrected chi connectivity index (χ4v) is 2.85. The first kappa shape index (κ1) is 17.6. The monoisotopic (exact) mass is 351 g/mol. The molecule has 122 valence electrons. The quantitative estimate of drug-likeness (QED) is 0.807. The zero-order valence-corrected chi connectivity index (χ0v) is 14.5. The van der Waals surface area contributed by atoms with Gasteiger partial charge in [0.15, 0.2) is 0 Å². The van der Waals surface area contributed by atoms with Crippen molar-refractivity contribution in [3.05, 3.63) is 63.6 Å². The van der Waals surface area contributed by atoms with Gasteiger partial charge in [-0.3, -0.25) is 4.79 Å². The molecule has 0 heterocycles. The lowest BCUT2D eigenvalue weighted by atomic mass is 10.1. The highest BCUT2D eigenvalue weighted by molar-refractivity contribution is 6.34. The van der Waals surface area contributed by atoms with Crippen molar-refractivity contribution in [1.29, 1.82) is 0 Å². The summed E-state index contributed by atoms with van der Waals surface area (Å²) in [4.78, 5) is 11.9. The molecule has 0 aromatic heterocycles. The molecule has 0 spiro atoms. The number of carbonyl (C=O) groups is 1. The molecule has 2 rings (SSSR count). The van der Waals surface area contributed by atoms with Crippen LogP contribution in [0.3, 0.4) is 0 Å². The van der Waals surface area contributed by atoms with E-state index >= 15 is 0 Å². The van der Waals surface area contributed by atoms with E-state index in [-0.39, 0.29) is 5.91 Å². The standard InChI is InChI=1S/C18H19Cl2NO2/c1-23-17-4-2-3-13(11-17)5-6-18(22)21-8-7-14-9-15(19)12-16(20)10-14/h2-4,9-12H,5-8H2,1H3,(H,21,22). The molecule has 3 nitrogen and oxygen atoms in total. The zero-order valence-electron chi connectivity index (χ0n) is 12.9. The van der Waals surface area contributed by atoms with Crippen LogP contribution < -0.4 is 10.1 Å². The van der Waals surface area contributed by atoms with Gasteiger partial charge in [0.25, 0.3) is 0 Å². The Bertz CT molecular complexity index is 654. The van der Waals surface area contributed by atoms with E-state index in [9.17, 15) is 4.79 Å². The minimum Gasteiger partial charge on any atom is -0.497 e. The summed E-state index contributed by atoms with van der Waals surface area (Å²) in [6, 6.07) is 13.2. The van der Waals surface area contributed by atoms with Crippen LogP contribution in [-0.2, 0) is 17.6 Å². The van der Waals surface area contributed by atoms with Crippen molar-refractivity contribution in [2.45, 2.75) is 19.3 Å². The van der Waals surface area contributed by atoms with Gasteiger partial charge >= 0.3 is 0 Å². The van der Waals surface area contributed by atoms with Crippen molar-refractivity contribution in [2.24, 2.45) is 0 Å². The summed E-state index contributed by atoms with van der Waals surface area (Å²) in [6.07, 6.45) is 1.83. The van der Waals surface area contributed by atoms with Gasteiger partial charge in [0.2, 0.25) is 5.91 Å². The smallest absolute Gasteiger partial charge is 0.220 e. The zero-order chi connectivity index (χ0) is 16.7. The van der Waals surface area contributed by atoms with Gasteiger partial charge in [0, 0.05) is 23.0 Å². The van der Waals surface area contributed by atoms with Crippen molar-refractivity contribution in [1.82, 2.24) is 5.32 Å². The number of rotatable bonds is 7. The molecule has 0 aliphatic carbocycles. The second kappa shape index (κ2) is 8.80. The summed E-state index contributed by atoms with van der Waals surface area (Å²) in [5, 5.41) is 4.13. The number of halogens is 2. The Hall–Kier alpha value is -1.71. The minimum absolute atomic E-state index is 0.0287. The van der Waals surface area contributed by atoms with Crippen molar-refractivity contribution < 1.29 is 9.53 Å². The molecule has 0 saturated carbocycles. The summed E-state index contributed by atoms with van der Waals surface area (Å²) in [6.45, 7) is 0.563. The number of methoxy groups -OCH3 is 1. The molecule has 0 unspecified atom stereocenters. The highest BCUT2D eigenvalue weighted by Crippen LogP contribution is 2.19. The van der Waals surface area contributed by atoms with Gasteiger partial charge in [0.05, 0.1) is 7.11 Å². The lowest BCUT2D eigenvalue weighted by molar-refractivity contribution is -0.121. The number of aryl methyl sites for hydroxylation is 1. The van der Waals surface area contributed by atoms with Gasteiger partial charge < -0.3 is 10.1 Å². The Kier molecular flexibility index (Phi) is 6.75. The van der Waals surface area contributed by atoms with Crippen LogP contribution >= 0.6 is 23.2 Å². The number of carbonyl (C=O) groups excluding carboxylic acids is 1. The fraction of sp³-hybridized carbons (Fsp3) is 0.278. The summed E-state index contributed by atoms with van der Waals surface area (Å²) in [5.74, 6) is 0.835. The van der Waals surface area contributed by atoms with Crippen molar-refractivity contribution in [3.63, 3.8) is 0 Å². The van der Waals surface area contributed by atoms with Crippen LogP contribution in [-0.4, -0.2) is 19.6 Å². The molecule has 1 amide bonds.